The van der Waals surface area contributed by atoms with E-state index in [0.717, 1.165) is 32.8 Å². The molecule has 1 unspecified atom stereocenters. The molecule has 0 radical (unpaired) electrons. The van der Waals surface area contributed by atoms with Gasteiger partial charge in [0.05, 0.1) is 18.8 Å². The lowest BCUT2D eigenvalue weighted by Crippen LogP contribution is -2.52. The molecule has 1 aliphatic heterocycles. The first kappa shape index (κ1) is 14.3. The minimum Gasteiger partial charge on any atom is -0.388 e. The van der Waals surface area contributed by atoms with Crippen molar-refractivity contribution in [1.29, 1.82) is 0 Å². The zero-order valence-corrected chi connectivity index (χ0v) is 11.7. The van der Waals surface area contributed by atoms with Crippen LogP contribution in [-0.2, 0) is 4.74 Å². The average Bonchev–Trinajstić information content (AvgIpc) is 2.38. The third-order valence-corrected chi connectivity index (χ3v) is 4.04. The van der Waals surface area contributed by atoms with Crippen LogP contribution in [0.4, 0.5) is 0 Å². The molecule has 2 rings (SSSR count). The molecular formula is C14H28N2O2. The van der Waals surface area contributed by atoms with E-state index in [9.17, 15) is 5.11 Å². The van der Waals surface area contributed by atoms with Gasteiger partial charge in [-0.2, -0.15) is 0 Å². The molecule has 0 spiro atoms. The van der Waals surface area contributed by atoms with Crippen molar-refractivity contribution in [2.24, 2.45) is 0 Å². The second-order valence-electron chi connectivity index (χ2n) is 6.10. The standard InChI is InChI=1S/C14H28N2O2/c1-14(17,12-16-7-9-18-10-8-16)11-15-13-5-3-2-4-6-13/h13,15,17H,2-12H2,1H3. The summed E-state index contributed by atoms with van der Waals surface area (Å²) in [6.07, 6.45) is 6.59. The van der Waals surface area contributed by atoms with E-state index < -0.39 is 5.60 Å². The third kappa shape index (κ3) is 4.84. The number of ether oxygens (including phenoxy) is 1. The maximum atomic E-state index is 10.5. The van der Waals surface area contributed by atoms with Crippen LogP contribution in [0.5, 0.6) is 0 Å². The quantitative estimate of drug-likeness (QED) is 0.770. The lowest BCUT2D eigenvalue weighted by Gasteiger charge is -2.35. The number of hydrogen-bond donors (Lipinski definition) is 2. The summed E-state index contributed by atoms with van der Waals surface area (Å²) < 4.78 is 5.33. The summed E-state index contributed by atoms with van der Waals surface area (Å²) in [6.45, 7) is 6.88. The minimum absolute atomic E-state index is 0.620. The Kier molecular flexibility index (Phi) is 5.42. The number of aliphatic hydroxyl groups is 1. The van der Waals surface area contributed by atoms with Gasteiger partial charge in [0.25, 0.3) is 0 Å². The number of nitrogens with one attached hydrogen (secondary N) is 1. The summed E-state index contributed by atoms with van der Waals surface area (Å²) in [7, 11) is 0. The second-order valence-corrected chi connectivity index (χ2v) is 6.10. The molecule has 0 aromatic rings. The Morgan fingerprint density at radius 2 is 1.89 bits per heavy atom. The molecule has 2 N–H and O–H groups in total. The summed E-state index contributed by atoms with van der Waals surface area (Å²) in [5.74, 6) is 0. The van der Waals surface area contributed by atoms with Crippen LogP contribution in [0.25, 0.3) is 0 Å². The van der Waals surface area contributed by atoms with Gasteiger partial charge in [-0.05, 0) is 19.8 Å². The van der Waals surface area contributed by atoms with Crippen molar-refractivity contribution in [3.05, 3.63) is 0 Å². The number of rotatable bonds is 5. The molecular weight excluding hydrogens is 228 g/mol. The molecule has 1 atom stereocenters. The molecule has 106 valence electrons. The van der Waals surface area contributed by atoms with Crippen molar-refractivity contribution in [3.63, 3.8) is 0 Å². The highest BCUT2D eigenvalue weighted by Crippen LogP contribution is 2.18. The molecule has 1 saturated carbocycles. The third-order valence-electron chi connectivity index (χ3n) is 4.04. The first-order valence-electron chi connectivity index (χ1n) is 7.42. The van der Waals surface area contributed by atoms with Crippen LogP contribution in [0, 0.1) is 0 Å². The average molecular weight is 256 g/mol. The maximum absolute atomic E-state index is 10.5. The van der Waals surface area contributed by atoms with E-state index in [2.05, 4.69) is 10.2 Å². The van der Waals surface area contributed by atoms with E-state index in [1.165, 1.54) is 32.1 Å². The van der Waals surface area contributed by atoms with Gasteiger partial charge in [0.15, 0.2) is 0 Å². The molecule has 18 heavy (non-hydrogen) atoms. The second kappa shape index (κ2) is 6.85. The van der Waals surface area contributed by atoms with E-state index in [0.29, 0.717) is 12.6 Å². The molecule has 4 heteroatoms. The molecule has 0 amide bonds. The van der Waals surface area contributed by atoms with Crippen LogP contribution < -0.4 is 5.32 Å². The van der Waals surface area contributed by atoms with E-state index in [4.69, 9.17) is 4.74 Å². The molecule has 0 aromatic heterocycles. The molecule has 2 aliphatic rings. The monoisotopic (exact) mass is 256 g/mol. The molecule has 0 bridgehead atoms. The minimum atomic E-state index is -0.630. The van der Waals surface area contributed by atoms with Gasteiger partial charge in [-0.15, -0.1) is 0 Å². The zero-order chi connectivity index (χ0) is 12.8. The Bertz CT molecular complexity index is 234. The lowest BCUT2D eigenvalue weighted by atomic mass is 9.94. The predicted octanol–water partition coefficient (Wildman–Crippen LogP) is 0.992. The van der Waals surface area contributed by atoms with Gasteiger partial charge in [0, 0.05) is 32.2 Å². The Morgan fingerprint density at radius 1 is 1.22 bits per heavy atom. The van der Waals surface area contributed by atoms with Gasteiger partial charge in [-0.3, -0.25) is 4.90 Å². The molecule has 1 aliphatic carbocycles. The highest BCUT2D eigenvalue weighted by atomic mass is 16.5. The smallest absolute Gasteiger partial charge is 0.0869 e. The number of nitrogens with zero attached hydrogens (tertiary/aromatic N) is 1. The Balaban J connectivity index is 1.68. The van der Waals surface area contributed by atoms with Crippen molar-refractivity contribution in [2.45, 2.75) is 50.7 Å². The van der Waals surface area contributed by atoms with E-state index in [-0.39, 0.29) is 0 Å². The fourth-order valence-electron chi connectivity index (χ4n) is 2.97. The van der Waals surface area contributed by atoms with Crippen molar-refractivity contribution < 1.29 is 9.84 Å². The highest BCUT2D eigenvalue weighted by molar-refractivity contribution is 4.83. The summed E-state index contributed by atoms with van der Waals surface area (Å²) in [4.78, 5) is 2.30. The Labute approximate surface area is 111 Å². The number of hydrogen-bond acceptors (Lipinski definition) is 4. The van der Waals surface area contributed by atoms with Crippen LogP contribution >= 0.6 is 0 Å². The normalized spacial score (nSPS) is 27.0. The molecule has 0 aromatic carbocycles. The summed E-state index contributed by atoms with van der Waals surface area (Å²) in [5, 5.41) is 14.0. The van der Waals surface area contributed by atoms with Crippen LogP contribution in [0.1, 0.15) is 39.0 Å². The molecule has 1 saturated heterocycles. The Hall–Kier alpha value is -0.160. The van der Waals surface area contributed by atoms with Crippen LogP contribution in [0.2, 0.25) is 0 Å². The summed E-state index contributed by atoms with van der Waals surface area (Å²) >= 11 is 0. The van der Waals surface area contributed by atoms with Crippen molar-refractivity contribution in [3.8, 4) is 0 Å². The molecule has 4 nitrogen and oxygen atoms in total. The largest absolute Gasteiger partial charge is 0.388 e. The maximum Gasteiger partial charge on any atom is 0.0869 e. The van der Waals surface area contributed by atoms with Gasteiger partial charge in [-0.25, -0.2) is 0 Å². The van der Waals surface area contributed by atoms with Gasteiger partial charge in [0.2, 0.25) is 0 Å². The fourth-order valence-corrected chi connectivity index (χ4v) is 2.97. The van der Waals surface area contributed by atoms with Crippen molar-refractivity contribution >= 4 is 0 Å². The van der Waals surface area contributed by atoms with Gasteiger partial charge in [-0.1, -0.05) is 19.3 Å². The highest BCUT2D eigenvalue weighted by Gasteiger charge is 2.26. The van der Waals surface area contributed by atoms with Gasteiger partial charge >= 0.3 is 0 Å². The SMILES string of the molecule is CC(O)(CNC1CCCCC1)CN1CCOCC1. The lowest BCUT2D eigenvalue weighted by molar-refractivity contribution is -0.0232. The van der Waals surface area contributed by atoms with Crippen LogP contribution in [0.15, 0.2) is 0 Å². The summed E-state index contributed by atoms with van der Waals surface area (Å²) in [6, 6.07) is 0.620. The van der Waals surface area contributed by atoms with Crippen molar-refractivity contribution in [2.75, 3.05) is 39.4 Å². The number of morpholine rings is 1. The van der Waals surface area contributed by atoms with Crippen LogP contribution in [0.3, 0.4) is 0 Å². The van der Waals surface area contributed by atoms with E-state index in [1.807, 2.05) is 6.92 Å². The Morgan fingerprint density at radius 3 is 2.56 bits per heavy atom. The van der Waals surface area contributed by atoms with E-state index in [1.54, 1.807) is 0 Å². The van der Waals surface area contributed by atoms with Gasteiger partial charge in [0.1, 0.15) is 0 Å². The van der Waals surface area contributed by atoms with Crippen LogP contribution in [-0.4, -0.2) is 61.0 Å². The number of β-amino-alcohol motifs (C(OH)–C–C–N with tert-alkyl or cyclic N) is 1. The summed E-state index contributed by atoms with van der Waals surface area (Å²) in [5.41, 5.74) is -0.630. The van der Waals surface area contributed by atoms with E-state index >= 15 is 0 Å². The topological polar surface area (TPSA) is 44.7 Å². The first-order valence-corrected chi connectivity index (χ1v) is 7.42. The predicted molar refractivity (Wildman–Crippen MR) is 72.8 cm³/mol. The first-order chi connectivity index (χ1) is 8.66. The zero-order valence-electron chi connectivity index (χ0n) is 11.7. The fraction of sp³-hybridized carbons (Fsp3) is 1.00. The molecule has 1 heterocycles. The van der Waals surface area contributed by atoms with Crippen molar-refractivity contribution in [1.82, 2.24) is 10.2 Å². The van der Waals surface area contributed by atoms with Gasteiger partial charge < -0.3 is 15.2 Å². The molecule has 2 fully saturated rings.